The molecule has 0 saturated heterocycles. The first-order chi connectivity index (χ1) is 14.3. The molecule has 0 bridgehead atoms. The van der Waals surface area contributed by atoms with Crippen molar-refractivity contribution < 1.29 is 0 Å². The Bertz CT molecular complexity index is 988. The Kier molecular flexibility index (Phi) is 5.81. The van der Waals surface area contributed by atoms with Gasteiger partial charge in [0.1, 0.15) is 0 Å². The van der Waals surface area contributed by atoms with Crippen LogP contribution < -0.4 is 0 Å². The monoisotopic (exact) mass is 379 g/mol. The Morgan fingerprint density at radius 3 is 2.07 bits per heavy atom. The second-order valence-corrected chi connectivity index (χ2v) is 7.85. The van der Waals surface area contributed by atoms with Crippen LogP contribution in [0.5, 0.6) is 0 Å². The second-order valence-electron chi connectivity index (χ2n) is 7.85. The minimum absolute atomic E-state index is 0.639. The second kappa shape index (κ2) is 8.84. The summed E-state index contributed by atoms with van der Waals surface area (Å²) in [6.45, 7) is 3.88. The van der Waals surface area contributed by atoms with Crippen LogP contribution in [0.2, 0.25) is 0 Å². The van der Waals surface area contributed by atoms with Crippen molar-refractivity contribution in [1.82, 2.24) is 9.97 Å². The fourth-order valence-electron chi connectivity index (χ4n) is 4.23. The number of hydrogen-bond donors (Lipinski definition) is 0. The summed E-state index contributed by atoms with van der Waals surface area (Å²) in [6, 6.07) is 18.4. The van der Waals surface area contributed by atoms with E-state index in [0.29, 0.717) is 17.3 Å². The summed E-state index contributed by atoms with van der Waals surface area (Å²) in [6.07, 6.45) is 12.1. The molecule has 29 heavy (non-hydrogen) atoms. The van der Waals surface area contributed by atoms with E-state index in [4.69, 9.17) is 5.26 Å². The van der Waals surface area contributed by atoms with Crippen LogP contribution in [0.25, 0.3) is 22.5 Å². The highest BCUT2D eigenvalue weighted by Gasteiger charge is 2.21. The lowest BCUT2D eigenvalue weighted by Crippen LogP contribution is -2.12. The SMILES string of the molecule is C=CC[C@H]1CC[C@H](c2ccc(-c3cnc(-c4ccc(C#N)cc4)nc3)cc2)CC1. The van der Waals surface area contributed by atoms with Crippen molar-refractivity contribution in [2.45, 2.75) is 38.0 Å². The standard InChI is InChI=1S/C26H25N3/c1-2-3-19-4-8-21(9-5-19)22-12-14-23(15-13-22)25-17-28-26(29-18-25)24-10-6-20(16-27)7-11-24/h2,6-7,10-15,17-19,21H,1,3-5,8-9H2/t19-,21-. The molecule has 0 N–H and O–H groups in total. The molecule has 3 nitrogen and oxygen atoms in total. The fourth-order valence-corrected chi connectivity index (χ4v) is 4.23. The predicted octanol–water partition coefficient (Wildman–Crippen LogP) is 6.53. The largest absolute Gasteiger partial charge is 0.236 e. The van der Waals surface area contributed by atoms with Crippen molar-refractivity contribution in [3.05, 3.63) is 84.7 Å². The quantitative estimate of drug-likeness (QED) is 0.473. The summed E-state index contributed by atoms with van der Waals surface area (Å²) in [4.78, 5) is 9.03. The topological polar surface area (TPSA) is 49.6 Å². The van der Waals surface area contributed by atoms with Crippen LogP contribution in [0.15, 0.2) is 73.6 Å². The van der Waals surface area contributed by atoms with E-state index in [1.165, 1.54) is 31.2 Å². The Morgan fingerprint density at radius 2 is 1.48 bits per heavy atom. The lowest BCUT2D eigenvalue weighted by atomic mass is 9.77. The van der Waals surface area contributed by atoms with Gasteiger partial charge in [-0.05, 0) is 79.3 Å². The zero-order valence-corrected chi connectivity index (χ0v) is 16.6. The van der Waals surface area contributed by atoms with Crippen molar-refractivity contribution in [1.29, 1.82) is 5.26 Å². The molecule has 1 fully saturated rings. The summed E-state index contributed by atoms with van der Waals surface area (Å²) < 4.78 is 0. The molecule has 0 atom stereocenters. The van der Waals surface area contributed by atoms with Gasteiger partial charge in [0.25, 0.3) is 0 Å². The van der Waals surface area contributed by atoms with Gasteiger partial charge in [-0.3, -0.25) is 0 Å². The Labute approximate surface area is 172 Å². The molecule has 3 aromatic rings. The van der Waals surface area contributed by atoms with Crippen LogP contribution in [0, 0.1) is 17.2 Å². The van der Waals surface area contributed by atoms with Gasteiger partial charge >= 0.3 is 0 Å². The Hall–Kier alpha value is -3.25. The van der Waals surface area contributed by atoms with Gasteiger partial charge in [0.05, 0.1) is 11.6 Å². The molecule has 0 radical (unpaired) electrons. The van der Waals surface area contributed by atoms with Gasteiger partial charge in [-0.15, -0.1) is 6.58 Å². The maximum Gasteiger partial charge on any atom is 0.159 e. The van der Waals surface area contributed by atoms with Gasteiger partial charge in [-0.25, -0.2) is 9.97 Å². The van der Waals surface area contributed by atoms with Crippen molar-refractivity contribution in [2.24, 2.45) is 5.92 Å². The van der Waals surface area contributed by atoms with Crippen LogP contribution in [-0.4, -0.2) is 9.97 Å². The number of aromatic nitrogens is 2. The van der Waals surface area contributed by atoms with Crippen LogP contribution >= 0.6 is 0 Å². The van der Waals surface area contributed by atoms with E-state index < -0.39 is 0 Å². The number of nitriles is 1. The van der Waals surface area contributed by atoms with E-state index >= 15 is 0 Å². The maximum atomic E-state index is 8.91. The average Bonchev–Trinajstić information content (AvgIpc) is 2.80. The highest BCUT2D eigenvalue weighted by molar-refractivity contribution is 5.64. The van der Waals surface area contributed by atoms with E-state index in [2.05, 4.69) is 53.0 Å². The lowest BCUT2D eigenvalue weighted by Gasteiger charge is -2.28. The summed E-state index contributed by atoms with van der Waals surface area (Å²) in [5, 5.41) is 8.91. The molecule has 0 amide bonds. The van der Waals surface area contributed by atoms with Crippen LogP contribution in [0.4, 0.5) is 0 Å². The molecular formula is C26H25N3. The van der Waals surface area contributed by atoms with Gasteiger partial charge in [0.15, 0.2) is 5.82 Å². The van der Waals surface area contributed by atoms with Gasteiger partial charge in [0.2, 0.25) is 0 Å². The van der Waals surface area contributed by atoms with E-state index in [1.54, 1.807) is 12.1 Å². The van der Waals surface area contributed by atoms with Crippen LogP contribution in [0.1, 0.15) is 49.1 Å². The Balaban J connectivity index is 1.44. The minimum atomic E-state index is 0.639. The number of benzene rings is 2. The number of allylic oxidation sites excluding steroid dienone is 1. The molecule has 1 aliphatic rings. The zero-order chi connectivity index (χ0) is 20.1. The van der Waals surface area contributed by atoms with Gasteiger partial charge in [-0.2, -0.15) is 5.26 Å². The molecule has 3 heteroatoms. The zero-order valence-electron chi connectivity index (χ0n) is 16.6. The first-order valence-electron chi connectivity index (χ1n) is 10.3. The van der Waals surface area contributed by atoms with Gasteiger partial charge < -0.3 is 0 Å². The molecule has 144 valence electrons. The number of hydrogen-bond acceptors (Lipinski definition) is 3. The third kappa shape index (κ3) is 4.43. The molecular weight excluding hydrogens is 354 g/mol. The third-order valence-corrected chi connectivity index (χ3v) is 5.99. The number of nitrogens with zero attached hydrogens (tertiary/aromatic N) is 3. The molecule has 0 spiro atoms. The highest BCUT2D eigenvalue weighted by atomic mass is 14.9. The number of rotatable bonds is 5. The van der Waals surface area contributed by atoms with E-state index in [9.17, 15) is 0 Å². The Morgan fingerprint density at radius 1 is 0.862 bits per heavy atom. The van der Waals surface area contributed by atoms with E-state index in [0.717, 1.165) is 29.0 Å². The molecule has 4 rings (SSSR count). The normalized spacial score (nSPS) is 18.7. The van der Waals surface area contributed by atoms with Crippen LogP contribution in [-0.2, 0) is 0 Å². The fraction of sp³-hybridized carbons (Fsp3) is 0.269. The molecule has 1 saturated carbocycles. The average molecular weight is 380 g/mol. The molecule has 1 aliphatic carbocycles. The van der Waals surface area contributed by atoms with Crippen molar-refractivity contribution in [2.75, 3.05) is 0 Å². The van der Waals surface area contributed by atoms with Crippen LogP contribution in [0.3, 0.4) is 0 Å². The van der Waals surface area contributed by atoms with Crippen molar-refractivity contribution in [3.8, 4) is 28.6 Å². The van der Waals surface area contributed by atoms with Gasteiger partial charge in [0, 0.05) is 23.5 Å². The molecule has 0 aliphatic heterocycles. The summed E-state index contributed by atoms with van der Waals surface area (Å²) in [7, 11) is 0. The minimum Gasteiger partial charge on any atom is -0.236 e. The smallest absolute Gasteiger partial charge is 0.159 e. The summed E-state index contributed by atoms with van der Waals surface area (Å²) in [5.41, 5.74) is 5.16. The highest BCUT2D eigenvalue weighted by Crippen LogP contribution is 2.37. The van der Waals surface area contributed by atoms with Crippen molar-refractivity contribution in [3.63, 3.8) is 0 Å². The molecule has 2 aromatic carbocycles. The van der Waals surface area contributed by atoms with Crippen molar-refractivity contribution >= 4 is 0 Å². The predicted molar refractivity (Wildman–Crippen MR) is 117 cm³/mol. The molecule has 1 aromatic heterocycles. The summed E-state index contributed by atoms with van der Waals surface area (Å²) >= 11 is 0. The maximum absolute atomic E-state index is 8.91. The lowest BCUT2D eigenvalue weighted by molar-refractivity contribution is 0.328. The van der Waals surface area contributed by atoms with Gasteiger partial charge in [-0.1, -0.05) is 30.3 Å². The molecule has 0 unspecified atom stereocenters. The first-order valence-corrected chi connectivity index (χ1v) is 10.3. The summed E-state index contributed by atoms with van der Waals surface area (Å²) in [5.74, 6) is 2.18. The third-order valence-electron chi connectivity index (χ3n) is 5.99. The van der Waals surface area contributed by atoms with E-state index in [-0.39, 0.29) is 0 Å². The first kappa shape index (κ1) is 19.1. The molecule has 1 heterocycles. The van der Waals surface area contributed by atoms with E-state index in [1.807, 2.05) is 24.5 Å².